The first-order chi connectivity index (χ1) is 22.5. The maximum atomic E-state index is 14.3. The first kappa shape index (κ1) is 31.7. The van der Waals surface area contributed by atoms with Crippen LogP contribution in [0.15, 0.2) is 60.0 Å². The van der Waals surface area contributed by atoms with Gasteiger partial charge in [0.15, 0.2) is 11.5 Å². The molecule has 2 atom stereocenters. The number of carbonyl (C=O) groups excluding carboxylic acids is 2. The van der Waals surface area contributed by atoms with Gasteiger partial charge in [0.2, 0.25) is 11.7 Å². The zero-order chi connectivity index (χ0) is 31.9. The van der Waals surface area contributed by atoms with Gasteiger partial charge in [0.25, 0.3) is 5.91 Å². The Bertz CT molecular complexity index is 1600. The summed E-state index contributed by atoms with van der Waals surface area (Å²) in [4.78, 5) is 31.8. The minimum Gasteiger partial charge on any atom is -0.493 e. The van der Waals surface area contributed by atoms with Crippen LogP contribution >= 0.6 is 11.3 Å². The molecule has 1 aliphatic heterocycles. The normalized spacial score (nSPS) is 17.4. The molecule has 2 aromatic heterocycles. The van der Waals surface area contributed by atoms with Gasteiger partial charge in [-0.3, -0.25) is 14.5 Å². The molecule has 2 aromatic carbocycles. The highest BCUT2D eigenvalue weighted by Crippen LogP contribution is 2.36. The Morgan fingerprint density at radius 1 is 1.02 bits per heavy atom. The Morgan fingerprint density at radius 2 is 1.83 bits per heavy atom. The summed E-state index contributed by atoms with van der Waals surface area (Å²) in [7, 11) is 3.13. The topological polar surface area (TPSA) is 121 Å². The molecule has 1 saturated carbocycles. The largest absolute Gasteiger partial charge is 0.493 e. The Balaban J connectivity index is 1.29. The fourth-order valence-electron chi connectivity index (χ4n) is 6.32. The summed E-state index contributed by atoms with van der Waals surface area (Å²) in [6, 6.07) is 16.3. The summed E-state index contributed by atoms with van der Waals surface area (Å²) < 4.78 is 16.5. The maximum Gasteiger partial charge on any atom is 0.251 e. The number of hydrogen-bond acceptors (Lipinski definition) is 9. The third-order valence-corrected chi connectivity index (χ3v) is 9.66. The molecule has 1 aliphatic carbocycles. The highest BCUT2D eigenvalue weighted by atomic mass is 32.1. The molecule has 2 aliphatic rings. The predicted molar refractivity (Wildman–Crippen MR) is 175 cm³/mol. The number of aromatic nitrogens is 4. The summed E-state index contributed by atoms with van der Waals surface area (Å²) in [5, 5.41) is 17.8. The van der Waals surface area contributed by atoms with Crippen molar-refractivity contribution in [2.45, 2.75) is 69.6 Å². The highest BCUT2D eigenvalue weighted by molar-refractivity contribution is 7.10. The number of tetrazole rings is 1. The van der Waals surface area contributed by atoms with Crippen molar-refractivity contribution in [3.63, 3.8) is 0 Å². The quantitative estimate of drug-likeness (QED) is 0.214. The first-order valence-corrected chi connectivity index (χ1v) is 16.8. The van der Waals surface area contributed by atoms with Crippen LogP contribution in [0, 0.1) is 0 Å². The minimum absolute atomic E-state index is 0.0267. The number of nitrogens with one attached hydrogen (secondary N) is 1. The Hall–Kier alpha value is -4.29. The van der Waals surface area contributed by atoms with Gasteiger partial charge in [-0.05, 0) is 84.2 Å². The summed E-state index contributed by atoms with van der Waals surface area (Å²) in [6.45, 7) is 0.872. The fraction of sp³-hybridized carbons (Fsp3) is 0.441. The van der Waals surface area contributed by atoms with Crippen molar-refractivity contribution in [3.8, 4) is 22.9 Å². The molecule has 0 bridgehead atoms. The molecule has 3 heterocycles. The van der Waals surface area contributed by atoms with E-state index in [9.17, 15) is 9.59 Å². The van der Waals surface area contributed by atoms with Crippen LogP contribution in [-0.4, -0.2) is 65.5 Å². The number of ether oxygens (including phenoxy) is 3. The van der Waals surface area contributed by atoms with Gasteiger partial charge < -0.3 is 19.5 Å². The molecule has 2 fully saturated rings. The average molecular weight is 645 g/mol. The van der Waals surface area contributed by atoms with Crippen molar-refractivity contribution in [2.75, 3.05) is 32.3 Å². The molecule has 0 unspecified atom stereocenters. The number of hydrogen-bond donors (Lipinski definition) is 1. The van der Waals surface area contributed by atoms with Crippen molar-refractivity contribution in [3.05, 3.63) is 70.4 Å². The Labute approximate surface area is 272 Å². The summed E-state index contributed by atoms with van der Waals surface area (Å²) in [5.41, 5.74) is 2.57. The van der Waals surface area contributed by atoms with E-state index >= 15 is 0 Å². The molecule has 0 spiro atoms. The van der Waals surface area contributed by atoms with Crippen LogP contribution in [0.25, 0.3) is 11.4 Å². The second-order valence-corrected chi connectivity index (χ2v) is 12.7. The highest BCUT2D eigenvalue weighted by Gasteiger charge is 2.35. The molecule has 242 valence electrons. The third-order valence-electron chi connectivity index (χ3n) is 8.73. The molecule has 1 N–H and O–H groups in total. The van der Waals surface area contributed by atoms with Crippen LogP contribution in [0.3, 0.4) is 0 Å². The van der Waals surface area contributed by atoms with E-state index in [-0.39, 0.29) is 24.5 Å². The van der Waals surface area contributed by atoms with E-state index in [0.29, 0.717) is 47.6 Å². The lowest BCUT2D eigenvalue weighted by atomic mass is 9.84. The summed E-state index contributed by atoms with van der Waals surface area (Å²) in [6.07, 6.45) is 7.94. The third kappa shape index (κ3) is 7.23. The monoisotopic (exact) mass is 644 g/mol. The molecule has 6 rings (SSSR count). The van der Waals surface area contributed by atoms with Crippen molar-refractivity contribution < 1.29 is 23.8 Å². The molecular weight excluding hydrogens is 604 g/mol. The van der Waals surface area contributed by atoms with Crippen molar-refractivity contribution in [2.24, 2.45) is 0 Å². The van der Waals surface area contributed by atoms with Crippen LogP contribution in [0.1, 0.15) is 67.3 Å². The number of methoxy groups -OCH3 is 2. The number of rotatable bonds is 12. The smallest absolute Gasteiger partial charge is 0.251 e. The van der Waals surface area contributed by atoms with Gasteiger partial charge in [-0.2, -0.15) is 4.80 Å². The van der Waals surface area contributed by atoms with E-state index in [0.717, 1.165) is 17.7 Å². The van der Waals surface area contributed by atoms with Gasteiger partial charge in [0.05, 0.1) is 20.3 Å². The standard InChI is InChI=1S/C34H40N6O5S/c1-43-28-17-14-25(20-29(28)44-2)33-36-38-39(37-33)22-31(41)40(26-15-12-24(13-16-26)23-8-4-3-5-9-23)32(30-11-7-19-46-30)34(42)35-21-27-10-6-18-45-27/h7,11-17,19-20,23,27,32H,3-6,8-10,18,21-22H2,1-2H3,(H,35,42)/t27-,32-/m0/s1. The lowest BCUT2D eigenvalue weighted by Crippen LogP contribution is -2.46. The van der Waals surface area contributed by atoms with Gasteiger partial charge >= 0.3 is 0 Å². The van der Waals surface area contributed by atoms with Crippen LogP contribution in [0.5, 0.6) is 11.5 Å². The number of thiophene rings is 1. The van der Waals surface area contributed by atoms with Crippen molar-refractivity contribution >= 4 is 28.8 Å². The van der Waals surface area contributed by atoms with Gasteiger partial charge in [-0.25, -0.2) is 0 Å². The lowest BCUT2D eigenvalue weighted by molar-refractivity contribution is -0.127. The van der Waals surface area contributed by atoms with E-state index in [1.807, 2.05) is 29.6 Å². The number of amides is 2. The number of nitrogens with zero attached hydrogens (tertiary/aromatic N) is 5. The first-order valence-electron chi connectivity index (χ1n) is 15.9. The fourth-order valence-corrected chi connectivity index (χ4v) is 7.13. The Kier molecular flexibility index (Phi) is 10.2. The van der Waals surface area contributed by atoms with Gasteiger partial charge in [0.1, 0.15) is 12.6 Å². The molecular formula is C34H40N6O5S. The van der Waals surface area contributed by atoms with E-state index in [1.165, 1.54) is 53.8 Å². The van der Waals surface area contributed by atoms with Crippen molar-refractivity contribution in [1.29, 1.82) is 0 Å². The maximum absolute atomic E-state index is 14.3. The van der Waals surface area contributed by atoms with Gasteiger partial charge in [-0.15, -0.1) is 21.5 Å². The lowest BCUT2D eigenvalue weighted by Gasteiger charge is -2.31. The molecule has 12 heteroatoms. The number of anilines is 1. The minimum atomic E-state index is -0.886. The van der Waals surface area contributed by atoms with Crippen LogP contribution < -0.4 is 19.7 Å². The second kappa shape index (κ2) is 14.9. The zero-order valence-electron chi connectivity index (χ0n) is 26.3. The molecule has 4 aromatic rings. The van der Waals surface area contributed by atoms with E-state index in [1.54, 1.807) is 37.3 Å². The van der Waals surface area contributed by atoms with E-state index in [4.69, 9.17) is 14.2 Å². The van der Waals surface area contributed by atoms with E-state index in [2.05, 4.69) is 32.9 Å². The Morgan fingerprint density at radius 3 is 2.52 bits per heavy atom. The second-order valence-electron chi connectivity index (χ2n) is 11.7. The predicted octanol–water partition coefficient (Wildman–Crippen LogP) is 5.54. The molecule has 0 radical (unpaired) electrons. The number of benzene rings is 2. The van der Waals surface area contributed by atoms with E-state index < -0.39 is 6.04 Å². The van der Waals surface area contributed by atoms with Crippen LogP contribution in [0.4, 0.5) is 5.69 Å². The summed E-state index contributed by atoms with van der Waals surface area (Å²) in [5.74, 6) is 1.36. The number of carbonyl (C=O) groups is 2. The SMILES string of the molecule is COc1ccc(-c2nnn(CC(=O)N(c3ccc(C4CCCCC4)cc3)[C@H](C(=O)NC[C@@H]3CCCO3)c3cccs3)n2)cc1OC. The summed E-state index contributed by atoms with van der Waals surface area (Å²) >= 11 is 1.44. The molecule has 46 heavy (non-hydrogen) atoms. The van der Waals surface area contributed by atoms with Crippen molar-refractivity contribution in [1.82, 2.24) is 25.5 Å². The molecule has 11 nitrogen and oxygen atoms in total. The molecule has 1 saturated heterocycles. The van der Waals surface area contributed by atoms with Gasteiger partial charge in [0, 0.05) is 29.3 Å². The average Bonchev–Trinajstić information content (AvgIpc) is 3.91. The van der Waals surface area contributed by atoms with Crippen LogP contribution in [-0.2, 0) is 20.9 Å². The van der Waals surface area contributed by atoms with Gasteiger partial charge in [-0.1, -0.05) is 37.5 Å². The molecule has 2 amide bonds. The van der Waals surface area contributed by atoms with Crippen LogP contribution in [0.2, 0.25) is 0 Å². The zero-order valence-corrected chi connectivity index (χ0v) is 27.1.